The predicted molar refractivity (Wildman–Crippen MR) is 68.6 cm³/mol. The van der Waals surface area contributed by atoms with E-state index in [0.717, 1.165) is 0 Å². The summed E-state index contributed by atoms with van der Waals surface area (Å²) in [5.74, 6) is -1.02. The topological polar surface area (TPSA) is 65.1 Å². The number of carbonyl (C=O) groups is 2. The van der Waals surface area contributed by atoms with Crippen LogP contribution in [0.1, 0.15) is 0 Å². The van der Waals surface area contributed by atoms with Crippen LogP contribution < -0.4 is 0 Å². The largest absolute Gasteiger partial charge is 0.466 e. The Kier molecular flexibility index (Phi) is 6.99. The van der Waals surface area contributed by atoms with Crippen LogP contribution in [0, 0.1) is 0 Å². The molecule has 0 atom stereocenters. The summed E-state index contributed by atoms with van der Waals surface area (Å²) in [7, 11) is 0.691. The van der Waals surface area contributed by atoms with Gasteiger partial charge in [0.25, 0.3) is 0 Å². The van der Waals surface area contributed by atoms with Crippen LogP contribution in [0.3, 0.4) is 0 Å². The van der Waals surface area contributed by atoms with Crippen LogP contribution >= 0.6 is 0 Å². The highest BCUT2D eigenvalue weighted by molar-refractivity contribution is 6.69. The molecule has 0 rings (SSSR count). The number of carbonyl (C=O) groups excluding carboxylic acids is 2. The lowest BCUT2D eigenvalue weighted by atomic mass is 10.6. The Balaban J connectivity index is 4.72. The summed E-state index contributed by atoms with van der Waals surface area (Å²) in [4.78, 5) is 22.0. The van der Waals surface area contributed by atoms with E-state index < -0.39 is 20.3 Å². The third-order valence-electron chi connectivity index (χ3n) is 1.50. The van der Waals surface area contributed by atoms with Crippen molar-refractivity contribution >= 4 is 20.3 Å². The molecule has 0 heterocycles. The van der Waals surface area contributed by atoms with Gasteiger partial charge in [0.15, 0.2) is 0 Å². The third-order valence-corrected chi connectivity index (χ3v) is 2.26. The molecule has 0 aliphatic rings. The zero-order chi connectivity index (χ0) is 14.2. The van der Waals surface area contributed by atoms with Crippen LogP contribution in [0.2, 0.25) is 19.6 Å². The van der Waals surface area contributed by atoms with E-state index in [1.54, 1.807) is 0 Å². The van der Waals surface area contributed by atoms with Crippen molar-refractivity contribution in [1.29, 1.82) is 0 Å². The average molecular weight is 273 g/mol. The molecule has 0 saturated heterocycles. The molecule has 18 heavy (non-hydrogen) atoms. The minimum Gasteiger partial charge on any atom is -0.466 e. The molecular formula is C11H19NO5Si. The van der Waals surface area contributed by atoms with Crippen molar-refractivity contribution in [2.45, 2.75) is 19.6 Å². The quantitative estimate of drug-likeness (QED) is 0.316. The Morgan fingerprint density at radius 2 is 1.33 bits per heavy atom. The maximum absolute atomic E-state index is 11.0. The number of nitrogens with zero attached hydrogens (tertiary/aromatic N) is 1. The minimum absolute atomic E-state index is 0.509. The van der Waals surface area contributed by atoms with E-state index >= 15 is 0 Å². The molecule has 0 spiro atoms. The van der Waals surface area contributed by atoms with E-state index in [0.29, 0.717) is 0 Å². The fraction of sp³-hybridized carbons (Fsp3) is 0.455. The fourth-order valence-electron chi connectivity index (χ4n) is 0.831. The van der Waals surface area contributed by atoms with E-state index in [1.165, 1.54) is 43.8 Å². The first-order chi connectivity index (χ1) is 8.28. The number of ether oxygens (including phenoxy) is 2. The van der Waals surface area contributed by atoms with Crippen molar-refractivity contribution in [3.63, 3.8) is 0 Å². The Hall–Kier alpha value is -1.60. The van der Waals surface area contributed by atoms with Gasteiger partial charge in [0.1, 0.15) is 0 Å². The third kappa shape index (κ3) is 8.54. The van der Waals surface area contributed by atoms with Crippen LogP contribution in [0.5, 0.6) is 0 Å². The maximum Gasteiger partial charge on any atom is 0.332 e. The Bertz CT molecular complexity index is 320. The van der Waals surface area contributed by atoms with Gasteiger partial charge in [-0.2, -0.15) is 0 Å². The van der Waals surface area contributed by atoms with Crippen LogP contribution in [0.15, 0.2) is 24.6 Å². The molecule has 0 radical (unpaired) electrons. The molecule has 0 fully saturated rings. The van der Waals surface area contributed by atoms with Gasteiger partial charge in [-0.25, -0.2) is 14.7 Å². The molecule has 7 heteroatoms. The molecule has 0 amide bonds. The molecular weight excluding hydrogens is 254 g/mol. The molecule has 0 saturated carbocycles. The smallest absolute Gasteiger partial charge is 0.332 e. The summed E-state index contributed by atoms with van der Waals surface area (Å²) in [5, 5.41) is 1.29. The molecule has 102 valence electrons. The zero-order valence-electron chi connectivity index (χ0n) is 11.3. The van der Waals surface area contributed by atoms with Gasteiger partial charge < -0.3 is 14.0 Å². The lowest BCUT2D eigenvalue weighted by molar-refractivity contribution is -0.135. The van der Waals surface area contributed by atoms with Gasteiger partial charge in [0.2, 0.25) is 8.32 Å². The van der Waals surface area contributed by atoms with E-state index in [-0.39, 0.29) is 0 Å². The summed E-state index contributed by atoms with van der Waals surface area (Å²) < 4.78 is 14.5. The van der Waals surface area contributed by atoms with Gasteiger partial charge in [0, 0.05) is 24.6 Å². The van der Waals surface area contributed by atoms with Gasteiger partial charge in [-0.1, -0.05) is 0 Å². The van der Waals surface area contributed by atoms with Crippen LogP contribution in [0.4, 0.5) is 0 Å². The zero-order valence-corrected chi connectivity index (χ0v) is 12.3. The van der Waals surface area contributed by atoms with Crippen molar-refractivity contribution in [3.8, 4) is 0 Å². The number of methoxy groups -OCH3 is 2. The highest BCUT2D eigenvalue weighted by Gasteiger charge is 2.17. The van der Waals surface area contributed by atoms with Gasteiger partial charge >= 0.3 is 11.9 Å². The first-order valence-corrected chi connectivity index (χ1v) is 8.69. The molecule has 0 aromatic rings. The molecule has 6 nitrogen and oxygen atoms in total. The van der Waals surface area contributed by atoms with Crippen LogP contribution in [-0.4, -0.2) is 39.5 Å². The standard InChI is InChI=1S/C11H19NO5Si/c1-15-10(13)6-8-12(17-18(3,4)5)9-7-11(14)16-2/h6-9H,1-5H3/b8-6+,9-7+. The van der Waals surface area contributed by atoms with Crippen molar-refractivity contribution in [2.75, 3.05) is 14.2 Å². The summed E-state index contributed by atoms with van der Waals surface area (Å²) in [6.45, 7) is 5.91. The second-order valence-corrected chi connectivity index (χ2v) is 8.65. The molecule has 0 N–H and O–H groups in total. The number of hydrogen-bond acceptors (Lipinski definition) is 6. The van der Waals surface area contributed by atoms with Gasteiger partial charge in [-0.3, -0.25) is 0 Å². The van der Waals surface area contributed by atoms with Gasteiger partial charge in [-0.05, 0) is 19.6 Å². The molecule has 0 unspecified atom stereocenters. The second kappa shape index (κ2) is 7.67. The summed E-state index contributed by atoms with van der Waals surface area (Å²) in [6, 6.07) is 0. The van der Waals surface area contributed by atoms with Crippen molar-refractivity contribution < 1.29 is 23.6 Å². The van der Waals surface area contributed by atoms with Crippen molar-refractivity contribution in [2.24, 2.45) is 0 Å². The lowest BCUT2D eigenvalue weighted by Crippen LogP contribution is -2.32. The maximum atomic E-state index is 11.0. The minimum atomic E-state index is -1.87. The molecule has 0 aromatic heterocycles. The molecule has 0 aliphatic carbocycles. The first-order valence-electron chi connectivity index (χ1n) is 5.28. The summed E-state index contributed by atoms with van der Waals surface area (Å²) in [5.41, 5.74) is 0. The highest BCUT2D eigenvalue weighted by atomic mass is 28.4. The Morgan fingerprint density at radius 1 is 0.944 bits per heavy atom. The van der Waals surface area contributed by atoms with E-state index in [1.807, 2.05) is 19.6 Å². The molecule has 0 bridgehead atoms. The Morgan fingerprint density at radius 3 is 1.61 bits per heavy atom. The second-order valence-electron chi connectivity index (χ2n) is 4.24. The SMILES string of the molecule is COC(=O)/C=C/N(/C=C/C(=O)OC)O[Si](C)(C)C. The van der Waals surface area contributed by atoms with Crippen LogP contribution in [0.25, 0.3) is 0 Å². The van der Waals surface area contributed by atoms with E-state index in [4.69, 9.17) is 4.53 Å². The fourth-order valence-corrected chi connectivity index (χ4v) is 1.59. The summed E-state index contributed by atoms with van der Waals surface area (Å²) in [6.07, 6.45) is 5.15. The number of hydrogen-bond donors (Lipinski definition) is 0. The highest BCUT2D eigenvalue weighted by Crippen LogP contribution is 2.08. The first kappa shape index (κ1) is 16.4. The Labute approximate surface area is 108 Å². The molecule has 0 aliphatic heterocycles. The number of rotatable bonds is 6. The predicted octanol–water partition coefficient (Wildman–Crippen LogP) is 1.43. The monoisotopic (exact) mass is 273 g/mol. The average Bonchev–Trinajstić information content (AvgIpc) is 2.29. The number of esters is 2. The van der Waals surface area contributed by atoms with Gasteiger partial charge in [0.05, 0.1) is 14.2 Å². The summed E-state index contributed by atoms with van der Waals surface area (Å²) >= 11 is 0. The van der Waals surface area contributed by atoms with Crippen molar-refractivity contribution in [3.05, 3.63) is 24.6 Å². The van der Waals surface area contributed by atoms with Crippen LogP contribution in [-0.2, 0) is 23.6 Å². The lowest BCUT2D eigenvalue weighted by Gasteiger charge is -2.24. The molecule has 0 aromatic carbocycles. The van der Waals surface area contributed by atoms with E-state index in [9.17, 15) is 9.59 Å². The van der Waals surface area contributed by atoms with Gasteiger partial charge in [-0.15, -0.1) is 0 Å². The van der Waals surface area contributed by atoms with Crippen molar-refractivity contribution in [1.82, 2.24) is 5.06 Å². The van der Waals surface area contributed by atoms with E-state index in [2.05, 4.69) is 9.47 Å². The normalized spacial score (nSPS) is 11.8. The number of hydroxylamine groups is 2.